The fourth-order valence-electron chi connectivity index (χ4n) is 1.31. The fraction of sp³-hybridized carbons (Fsp3) is 0.364. The maximum atomic E-state index is 5.54. The molecule has 0 saturated heterocycles. The summed E-state index contributed by atoms with van der Waals surface area (Å²) in [5, 5.41) is 6.98. The fourth-order valence-corrected chi connectivity index (χ4v) is 1.31. The van der Waals surface area contributed by atoms with Crippen molar-refractivity contribution in [2.45, 2.75) is 26.3 Å². The first-order chi connectivity index (χ1) is 8.15. The molecule has 0 aromatic carbocycles. The second-order valence-electron chi connectivity index (χ2n) is 4.03. The number of anilines is 2. The molecule has 90 valence electrons. The molecular formula is C11H15N5O. The van der Waals surface area contributed by atoms with E-state index in [-0.39, 0.29) is 0 Å². The summed E-state index contributed by atoms with van der Waals surface area (Å²) in [7, 11) is 0. The minimum Gasteiger partial charge on any atom is -0.384 e. The van der Waals surface area contributed by atoms with Gasteiger partial charge in [0, 0.05) is 12.3 Å². The van der Waals surface area contributed by atoms with E-state index in [1.165, 1.54) is 0 Å². The lowest BCUT2D eigenvalue weighted by atomic mass is 10.1. The SMILES string of the molecule is CC(C)c1cc(CNc2nccc(N)n2)on1. The molecule has 17 heavy (non-hydrogen) atoms. The Kier molecular flexibility index (Phi) is 3.22. The highest BCUT2D eigenvalue weighted by Gasteiger charge is 2.07. The van der Waals surface area contributed by atoms with E-state index in [1.807, 2.05) is 6.07 Å². The van der Waals surface area contributed by atoms with Gasteiger partial charge in [-0.15, -0.1) is 0 Å². The zero-order chi connectivity index (χ0) is 12.3. The zero-order valence-corrected chi connectivity index (χ0v) is 9.84. The number of aromatic nitrogens is 3. The molecule has 0 aliphatic carbocycles. The highest BCUT2D eigenvalue weighted by Crippen LogP contribution is 2.14. The van der Waals surface area contributed by atoms with Gasteiger partial charge in [0.15, 0.2) is 5.76 Å². The quantitative estimate of drug-likeness (QED) is 0.836. The first kappa shape index (κ1) is 11.4. The minimum atomic E-state index is 0.358. The van der Waals surface area contributed by atoms with Gasteiger partial charge in [0.1, 0.15) is 5.82 Å². The van der Waals surface area contributed by atoms with Gasteiger partial charge >= 0.3 is 0 Å². The largest absolute Gasteiger partial charge is 0.384 e. The Morgan fingerprint density at radius 2 is 2.29 bits per heavy atom. The maximum absolute atomic E-state index is 5.54. The van der Waals surface area contributed by atoms with Crippen molar-refractivity contribution >= 4 is 11.8 Å². The molecule has 0 bridgehead atoms. The summed E-state index contributed by atoms with van der Waals surface area (Å²) in [5.41, 5.74) is 6.48. The first-order valence-corrected chi connectivity index (χ1v) is 5.43. The number of hydrogen-bond donors (Lipinski definition) is 2. The molecule has 2 rings (SSSR count). The summed E-state index contributed by atoms with van der Waals surface area (Å²) in [6, 6.07) is 3.56. The molecule has 2 heterocycles. The van der Waals surface area contributed by atoms with Crippen molar-refractivity contribution in [1.82, 2.24) is 15.1 Å². The lowest BCUT2D eigenvalue weighted by Crippen LogP contribution is -2.04. The number of nitrogens with two attached hydrogens (primary N) is 1. The lowest BCUT2D eigenvalue weighted by Gasteiger charge is -2.01. The van der Waals surface area contributed by atoms with Gasteiger partial charge in [-0.25, -0.2) is 4.98 Å². The molecule has 6 nitrogen and oxygen atoms in total. The van der Waals surface area contributed by atoms with Crippen LogP contribution in [0.15, 0.2) is 22.9 Å². The highest BCUT2D eigenvalue weighted by molar-refractivity contribution is 5.35. The van der Waals surface area contributed by atoms with Crippen molar-refractivity contribution in [3.63, 3.8) is 0 Å². The Bertz CT molecular complexity index is 494. The van der Waals surface area contributed by atoms with E-state index in [1.54, 1.807) is 12.3 Å². The van der Waals surface area contributed by atoms with Crippen LogP contribution in [0, 0.1) is 0 Å². The van der Waals surface area contributed by atoms with Crippen LogP contribution in [0.3, 0.4) is 0 Å². The summed E-state index contributed by atoms with van der Waals surface area (Å²) in [4.78, 5) is 8.06. The third kappa shape index (κ3) is 2.93. The van der Waals surface area contributed by atoms with E-state index in [0.717, 1.165) is 11.5 Å². The maximum Gasteiger partial charge on any atom is 0.224 e. The molecule has 0 atom stereocenters. The molecule has 0 saturated carbocycles. The van der Waals surface area contributed by atoms with Crippen LogP contribution in [0.1, 0.15) is 31.2 Å². The van der Waals surface area contributed by atoms with Crippen molar-refractivity contribution < 1.29 is 4.52 Å². The van der Waals surface area contributed by atoms with Crippen LogP contribution in [-0.4, -0.2) is 15.1 Å². The third-order valence-corrected chi connectivity index (χ3v) is 2.27. The zero-order valence-electron chi connectivity index (χ0n) is 9.84. The summed E-state index contributed by atoms with van der Waals surface area (Å²) in [6.45, 7) is 4.62. The van der Waals surface area contributed by atoms with Gasteiger partial charge in [-0.2, -0.15) is 4.98 Å². The second-order valence-corrected chi connectivity index (χ2v) is 4.03. The monoisotopic (exact) mass is 233 g/mol. The average Bonchev–Trinajstić information content (AvgIpc) is 2.75. The summed E-state index contributed by atoms with van der Waals surface area (Å²) in [6.07, 6.45) is 1.60. The van der Waals surface area contributed by atoms with Crippen LogP contribution < -0.4 is 11.1 Å². The molecule has 0 aliphatic rings. The van der Waals surface area contributed by atoms with Crippen LogP contribution in [0.25, 0.3) is 0 Å². The second kappa shape index (κ2) is 4.82. The number of nitrogens with one attached hydrogen (secondary N) is 1. The Balaban J connectivity index is 1.97. The minimum absolute atomic E-state index is 0.358. The first-order valence-electron chi connectivity index (χ1n) is 5.43. The van der Waals surface area contributed by atoms with Gasteiger partial charge in [-0.3, -0.25) is 0 Å². The molecule has 6 heteroatoms. The molecule has 0 spiro atoms. The predicted molar refractivity (Wildman–Crippen MR) is 64.4 cm³/mol. The number of nitrogen functional groups attached to an aromatic ring is 1. The van der Waals surface area contributed by atoms with Crippen molar-refractivity contribution in [1.29, 1.82) is 0 Å². The topological polar surface area (TPSA) is 89.9 Å². The normalized spacial score (nSPS) is 10.8. The smallest absolute Gasteiger partial charge is 0.224 e. The molecule has 3 N–H and O–H groups in total. The van der Waals surface area contributed by atoms with Crippen LogP contribution in [0.2, 0.25) is 0 Å². The van der Waals surface area contributed by atoms with Gasteiger partial charge in [0.2, 0.25) is 5.95 Å². The predicted octanol–water partition coefficient (Wildman–Crippen LogP) is 1.78. The Morgan fingerprint density at radius 1 is 1.47 bits per heavy atom. The van der Waals surface area contributed by atoms with E-state index in [9.17, 15) is 0 Å². The van der Waals surface area contributed by atoms with Crippen LogP contribution >= 0.6 is 0 Å². The van der Waals surface area contributed by atoms with Crippen molar-refractivity contribution in [3.05, 3.63) is 29.8 Å². The van der Waals surface area contributed by atoms with Gasteiger partial charge < -0.3 is 15.6 Å². The molecule has 0 radical (unpaired) electrons. The highest BCUT2D eigenvalue weighted by atomic mass is 16.5. The number of rotatable bonds is 4. The molecule has 0 fully saturated rings. The number of hydrogen-bond acceptors (Lipinski definition) is 6. The van der Waals surface area contributed by atoms with Crippen molar-refractivity contribution in [2.75, 3.05) is 11.1 Å². The molecule has 0 aliphatic heterocycles. The Labute approximate surface area is 99.2 Å². The van der Waals surface area contributed by atoms with E-state index in [2.05, 4.69) is 34.3 Å². The molecule has 2 aromatic heterocycles. The van der Waals surface area contributed by atoms with Gasteiger partial charge in [-0.05, 0) is 12.0 Å². The molecule has 0 unspecified atom stereocenters. The van der Waals surface area contributed by atoms with Crippen molar-refractivity contribution in [2.24, 2.45) is 0 Å². The molecule has 2 aromatic rings. The lowest BCUT2D eigenvalue weighted by molar-refractivity contribution is 0.379. The Hall–Kier alpha value is -2.11. The van der Waals surface area contributed by atoms with Gasteiger partial charge in [0.05, 0.1) is 12.2 Å². The summed E-state index contributed by atoms with van der Waals surface area (Å²) >= 11 is 0. The van der Waals surface area contributed by atoms with Crippen LogP contribution in [-0.2, 0) is 6.54 Å². The Morgan fingerprint density at radius 3 is 2.94 bits per heavy atom. The van der Waals surface area contributed by atoms with Crippen LogP contribution in [0.5, 0.6) is 0 Å². The van der Waals surface area contributed by atoms with Gasteiger partial charge in [-0.1, -0.05) is 19.0 Å². The number of nitrogens with zero attached hydrogens (tertiary/aromatic N) is 3. The third-order valence-electron chi connectivity index (χ3n) is 2.27. The summed E-state index contributed by atoms with van der Waals surface area (Å²) in [5.74, 6) is 2.02. The van der Waals surface area contributed by atoms with E-state index >= 15 is 0 Å². The molecule has 0 amide bonds. The average molecular weight is 233 g/mol. The van der Waals surface area contributed by atoms with Crippen LogP contribution in [0.4, 0.5) is 11.8 Å². The van der Waals surface area contributed by atoms with Crippen molar-refractivity contribution in [3.8, 4) is 0 Å². The van der Waals surface area contributed by atoms with E-state index in [0.29, 0.717) is 24.2 Å². The van der Waals surface area contributed by atoms with E-state index < -0.39 is 0 Å². The standard InChI is InChI=1S/C11H15N5O/c1-7(2)9-5-8(17-16-9)6-14-11-13-4-3-10(12)15-11/h3-5,7H,6H2,1-2H3,(H3,12,13,14,15). The summed E-state index contributed by atoms with van der Waals surface area (Å²) < 4.78 is 5.18. The van der Waals surface area contributed by atoms with E-state index in [4.69, 9.17) is 10.3 Å². The molecular weight excluding hydrogens is 218 g/mol. The van der Waals surface area contributed by atoms with Gasteiger partial charge in [0.25, 0.3) is 0 Å².